The van der Waals surface area contributed by atoms with Gasteiger partial charge in [-0.05, 0) is 49.1 Å². The van der Waals surface area contributed by atoms with Crippen LogP contribution in [0.2, 0.25) is 0 Å². The SMILES string of the molecule is CC#CC(=O)N1CCc2c([nH]c3ccccc23)[C@H]1c1cc(F)ccc1F. The Labute approximate surface area is 149 Å². The molecule has 0 spiro atoms. The normalized spacial score (nSPS) is 16.1. The third kappa shape index (κ3) is 2.55. The number of fused-ring (bicyclic) bond motifs is 3. The average molecular weight is 350 g/mol. The summed E-state index contributed by atoms with van der Waals surface area (Å²) in [5, 5.41) is 1.04. The van der Waals surface area contributed by atoms with Crippen LogP contribution in [-0.2, 0) is 11.2 Å². The molecule has 3 aromatic rings. The summed E-state index contributed by atoms with van der Waals surface area (Å²) in [5.74, 6) is 3.62. The molecule has 4 rings (SSSR count). The number of hydrogen-bond donors (Lipinski definition) is 1. The molecule has 0 fully saturated rings. The van der Waals surface area contributed by atoms with Crippen LogP contribution < -0.4 is 0 Å². The number of amides is 1. The summed E-state index contributed by atoms with van der Waals surface area (Å²) >= 11 is 0. The fourth-order valence-corrected chi connectivity index (χ4v) is 3.69. The molecular weight excluding hydrogens is 334 g/mol. The van der Waals surface area contributed by atoms with Crippen molar-refractivity contribution in [1.82, 2.24) is 9.88 Å². The molecule has 0 saturated carbocycles. The lowest BCUT2D eigenvalue weighted by Crippen LogP contribution is -2.40. The molecule has 2 heterocycles. The second-order valence-corrected chi connectivity index (χ2v) is 6.25. The molecule has 0 bridgehead atoms. The third-order valence-electron chi connectivity index (χ3n) is 4.78. The first kappa shape index (κ1) is 16.3. The maximum atomic E-state index is 14.6. The predicted molar refractivity (Wildman–Crippen MR) is 95.4 cm³/mol. The number of carbonyl (C=O) groups is 1. The van der Waals surface area contributed by atoms with Gasteiger partial charge in [0.25, 0.3) is 5.91 Å². The van der Waals surface area contributed by atoms with Crippen LogP contribution in [0.1, 0.15) is 29.8 Å². The summed E-state index contributed by atoms with van der Waals surface area (Å²) in [6, 6.07) is 10.4. The second kappa shape index (κ2) is 6.30. The number of para-hydroxylation sites is 1. The zero-order valence-corrected chi connectivity index (χ0v) is 14.1. The number of halogens is 2. The quantitative estimate of drug-likeness (QED) is 0.663. The van der Waals surface area contributed by atoms with Gasteiger partial charge in [-0.15, -0.1) is 0 Å². The molecule has 1 aliphatic rings. The Morgan fingerprint density at radius 3 is 2.85 bits per heavy atom. The monoisotopic (exact) mass is 350 g/mol. The van der Waals surface area contributed by atoms with Crippen molar-refractivity contribution in [2.45, 2.75) is 19.4 Å². The first-order chi connectivity index (χ1) is 12.6. The van der Waals surface area contributed by atoms with Crippen molar-refractivity contribution in [3.8, 4) is 11.8 Å². The molecule has 1 aromatic heterocycles. The largest absolute Gasteiger partial charge is 0.356 e. The molecule has 1 amide bonds. The number of benzene rings is 2. The Morgan fingerprint density at radius 1 is 1.23 bits per heavy atom. The van der Waals surface area contributed by atoms with Crippen molar-refractivity contribution in [3.05, 3.63) is 70.9 Å². The Kier molecular flexibility index (Phi) is 3.96. The van der Waals surface area contributed by atoms with Crippen LogP contribution in [0.3, 0.4) is 0 Å². The number of carbonyl (C=O) groups excluding carboxylic acids is 1. The number of nitrogens with one attached hydrogen (secondary N) is 1. The van der Waals surface area contributed by atoms with E-state index < -0.39 is 23.6 Å². The molecular formula is C21H16F2N2O. The number of hydrogen-bond acceptors (Lipinski definition) is 1. The number of rotatable bonds is 1. The van der Waals surface area contributed by atoms with Crippen LogP contribution >= 0.6 is 0 Å². The number of aromatic nitrogens is 1. The number of H-pyrrole nitrogens is 1. The standard InChI is InChI=1S/C21H16F2N2O/c1-2-5-19(26)25-11-10-15-14-6-3-4-7-18(14)24-20(15)21(25)16-12-13(22)8-9-17(16)23/h3-4,6-9,12,21,24H,10-11H2,1H3/t21-/m1/s1. The van der Waals surface area contributed by atoms with E-state index in [4.69, 9.17) is 0 Å². The summed E-state index contributed by atoms with van der Waals surface area (Å²) in [6.45, 7) is 1.97. The highest BCUT2D eigenvalue weighted by atomic mass is 19.1. The summed E-state index contributed by atoms with van der Waals surface area (Å²) in [7, 11) is 0. The van der Waals surface area contributed by atoms with E-state index in [0.717, 1.165) is 34.7 Å². The lowest BCUT2D eigenvalue weighted by atomic mass is 9.92. The van der Waals surface area contributed by atoms with Gasteiger partial charge in [-0.25, -0.2) is 8.78 Å². The van der Waals surface area contributed by atoms with E-state index in [1.807, 2.05) is 24.3 Å². The molecule has 0 unspecified atom stereocenters. The molecule has 2 aromatic carbocycles. The molecule has 26 heavy (non-hydrogen) atoms. The van der Waals surface area contributed by atoms with Crippen LogP contribution in [0, 0.1) is 23.5 Å². The van der Waals surface area contributed by atoms with Crippen LogP contribution in [-0.4, -0.2) is 22.3 Å². The molecule has 0 aliphatic carbocycles. The highest BCUT2D eigenvalue weighted by Crippen LogP contribution is 2.39. The number of nitrogens with zero attached hydrogens (tertiary/aromatic N) is 1. The Hall–Kier alpha value is -3.13. The molecule has 130 valence electrons. The Morgan fingerprint density at radius 2 is 2.04 bits per heavy atom. The predicted octanol–water partition coefficient (Wildman–Crippen LogP) is 3.94. The van der Waals surface area contributed by atoms with E-state index in [1.54, 1.807) is 6.92 Å². The molecule has 5 heteroatoms. The maximum Gasteiger partial charge on any atom is 0.299 e. The van der Waals surface area contributed by atoms with Crippen molar-refractivity contribution in [2.75, 3.05) is 6.54 Å². The minimum Gasteiger partial charge on any atom is -0.356 e. The van der Waals surface area contributed by atoms with Gasteiger partial charge >= 0.3 is 0 Å². The van der Waals surface area contributed by atoms with Gasteiger partial charge in [0.05, 0.1) is 0 Å². The van der Waals surface area contributed by atoms with Crippen LogP contribution in [0.5, 0.6) is 0 Å². The molecule has 0 saturated heterocycles. The van der Waals surface area contributed by atoms with Gasteiger partial charge in [-0.3, -0.25) is 4.79 Å². The van der Waals surface area contributed by atoms with Crippen molar-refractivity contribution in [3.63, 3.8) is 0 Å². The zero-order chi connectivity index (χ0) is 18.3. The molecule has 0 radical (unpaired) electrons. The minimum absolute atomic E-state index is 0.128. The van der Waals surface area contributed by atoms with Crippen molar-refractivity contribution in [1.29, 1.82) is 0 Å². The summed E-state index contributed by atoms with van der Waals surface area (Å²) in [4.78, 5) is 17.3. The van der Waals surface area contributed by atoms with E-state index in [2.05, 4.69) is 16.8 Å². The van der Waals surface area contributed by atoms with Gasteiger partial charge in [-0.2, -0.15) is 0 Å². The fourth-order valence-electron chi connectivity index (χ4n) is 3.69. The van der Waals surface area contributed by atoms with E-state index in [-0.39, 0.29) is 5.56 Å². The molecule has 1 N–H and O–H groups in total. The van der Waals surface area contributed by atoms with Gasteiger partial charge in [0.1, 0.15) is 17.7 Å². The third-order valence-corrected chi connectivity index (χ3v) is 4.78. The molecule has 3 nitrogen and oxygen atoms in total. The van der Waals surface area contributed by atoms with E-state index >= 15 is 0 Å². The molecule has 1 aliphatic heterocycles. The Bertz CT molecular complexity index is 1070. The van der Waals surface area contributed by atoms with Gasteiger partial charge in [0.15, 0.2) is 0 Å². The zero-order valence-electron chi connectivity index (χ0n) is 14.1. The van der Waals surface area contributed by atoms with Crippen LogP contribution in [0.15, 0.2) is 42.5 Å². The highest BCUT2D eigenvalue weighted by molar-refractivity contribution is 5.95. The smallest absolute Gasteiger partial charge is 0.299 e. The van der Waals surface area contributed by atoms with Crippen molar-refractivity contribution in [2.24, 2.45) is 0 Å². The lowest BCUT2D eigenvalue weighted by Gasteiger charge is -2.35. The second-order valence-electron chi connectivity index (χ2n) is 6.25. The van der Waals surface area contributed by atoms with Crippen LogP contribution in [0.25, 0.3) is 10.9 Å². The van der Waals surface area contributed by atoms with E-state index in [9.17, 15) is 13.6 Å². The first-order valence-electron chi connectivity index (χ1n) is 8.38. The fraction of sp³-hybridized carbons (Fsp3) is 0.190. The highest BCUT2D eigenvalue weighted by Gasteiger charge is 2.35. The Balaban J connectivity index is 1.96. The van der Waals surface area contributed by atoms with Gasteiger partial charge in [0, 0.05) is 28.7 Å². The van der Waals surface area contributed by atoms with Crippen molar-refractivity contribution < 1.29 is 13.6 Å². The van der Waals surface area contributed by atoms with E-state index in [1.165, 1.54) is 4.90 Å². The van der Waals surface area contributed by atoms with Gasteiger partial charge in [0.2, 0.25) is 0 Å². The lowest BCUT2D eigenvalue weighted by molar-refractivity contribution is -0.127. The summed E-state index contributed by atoms with van der Waals surface area (Å²) < 4.78 is 28.4. The minimum atomic E-state index is -0.741. The van der Waals surface area contributed by atoms with Crippen LogP contribution in [0.4, 0.5) is 8.78 Å². The van der Waals surface area contributed by atoms with Crippen molar-refractivity contribution >= 4 is 16.8 Å². The average Bonchev–Trinajstić information content (AvgIpc) is 3.02. The first-order valence-corrected chi connectivity index (χ1v) is 8.38. The molecule has 1 atom stereocenters. The topological polar surface area (TPSA) is 36.1 Å². The number of aromatic amines is 1. The summed E-state index contributed by atoms with van der Waals surface area (Å²) in [6.07, 6.45) is 0.629. The van der Waals surface area contributed by atoms with E-state index in [0.29, 0.717) is 18.7 Å². The van der Waals surface area contributed by atoms with Gasteiger partial charge in [-0.1, -0.05) is 24.1 Å². The summed E-state index contributed by atoms with van der Waals surface area (Å²) in [5.41, 5.74) is 2.79. The van der Waals surface area contributed by atoms with Gasteiger partial charge < -0.3 is 9.88 Å². The maximum absolute atomic E-state index is 14.6.